The summed E-state index contributed by atoms with van der Waals surface area (Å²) in [4.78, 5) is 12.2. The minimum absolute atomic E-state index is 0.108. The highest BCUT2D eigenvalue weighted by atomic mass is 35.5. The molecule has 0 bridgehead atoms. The van der Waals surface area contributed by atoms with Crippen molar-refractivity contribution in [2.75, 3.05) is 24.4 Å². The number of hydrogen-bond acceptors (Lipinski definition) is 4. The van der Waals surface area contributed by atoms with Crippen molar-refractivity contribution in [3.05, 3.63) is 82.4 Å². The van der Waals surface area contributed by atoms with Crippen LogP contribution in [0.25, 0.3) is 0 Å². The number of amides is 1. The third kappa shape index (κ3) is 5.67. The quantitative estimate of drug-likeness (QED) is 0.494. The lowest BCUT2D eigenvalue weighted by atomic mass is 10.1. The lowest BCUT2D eigenvalue weighted by Crippen LogP contribution is -2.20. The minimum Gasteiger partial charge on any atom is -0.493 e. The van der Waals surface area contributed by atoms with Crippen LogP contribution in [0.2, 0.25) is 5.02 Å². The van der Waals surface area contributed by atoms with Crippen molar-refractivity contribution in [1.82, 2.24) is 0 Å². The number of ether oxygens (including phenoxy) is 2. The van der Waals surface area contributed by atoms with E-state index in [9.17, 15) is 4.79 Å². The first-order valence-corrected chi connectivity index (χ1v) is 9.99. The molecule has 0 spiro atoms. The molecule has 0 saturated heterocycles. The average Bonchev–Trinajstić information content (AvgIpc) is 2.73. The van der Waals surface area contributed by atoms with Crippen LogP contribution in [0.3, 0.4) is 0 Å². The fraction of sp³-hybridized carbons (Fsp3) is 0.208. The summed E-state index contributed by atoms with van der Waals surface area (Å²) >= 11 is 6.17. The van der Waals surface area contributed by atoms with Crippen LogP contribution in [-0.2, 0) is 11.3 Å². The van der Waals surface area contributed by atoms with Crippen LogP contribution >= 0.6 is 11.6 Å². The molecule has 5 nitrogen and oxygen atoms in total. The first-order chi connectivity index (χ1) is 14.5. The van der Waals surface area contributed by atoms with Gasteiger partial charge in [0.2, 0.25) is 0 Å². The first-order valence-electron chi connectivity index (χ1n) is 9.61. The van der Waals surface area contributed by atoms with Crippen molar-refractivity contribution in [1.29, 1.82) is 0 Å². The van der Waals surface area contributed by atoms with Crippen molar-refractivity contribution >= 4 is 28.9 Å². The summed E-state index contributed by atoms with van der Waals surface area (Å²) in [5, 5.41) is 6.93. The van der Waals surface area contributed by atoms with E-state index in [0.29, 0.717) is 18.0 Å². The summed E-state index contributed by atoms with van der Waals surface area (Å²) < 4.78 is 11.1. The largest absolute Gasteiger partial charge is 0.493 e. The Kier molecular flexibility index (Phi) is 7.20. The zero-order valence-electron chi connectivity index (χ0n) is 17.3. The highest BCUT2D eigenvalue weighted by molar-refractivity contribution is 6.31. The van der Waals surface area contributed by atoms with Crippen LogP contribution < -0.4 is 20.1 Å². The molecule has 3 rings (SSSR count). The molecule has 0 aliphatic heterocycles. The summed E-state index contributed by atoms with van der Waals surface area (Å²) in [6.07, 6.45) is 0. The Bertz CT molecular complexity index is 1040. The predicted molar refractivity (Wildman–Crippen MR) is 122 cm³/mol. The number of carbonyl (C=O) groups excluding carboxylic acids is 1. The molecule has 0 heterocycles. The summed E-state index contributed by atoms with van der Waals surface area (Å²) in [5.74, 6) is 0.852. The number of hydrogen-bond donors (Lipinski definition) is 2. The fourth-order valence-electron chi connectivity index (χ4n) is 3.00. The molecule has 156 valence electrons. The molecule has 3 aromatic carbocycles. The molecule has 0 aliphatic rings. The van der Waals surface area contributed by atoms with Gasteiger partial charge in [-0.2, -0.15) is 0 Å². The lowest BCUT2D eigenvalue weighted by molar-refractivity contribution is -0.118. The standard InChI is InChI=1S/C24H25ClN2O3/c1-16-6-4-7-19(12-16)27-24(28)15-30-22-11-10-18(13-23(22)29-3)14-26-21-9-5-8-20(25)17(21)2/h4-13,26H,14-15H2,1-3H3,(H,27,28). The molecular formula is C24H25ClN2O3. The number of carbonyl (C=O) groups is 1. The van der Waals surface area contributed by atoms with Crippen molar-refractivity contribution in [2.45, 2.75) is 20.4 Å². The van der Waals surface area contributed by atoms with Crippen LogP contribution in [0, 0.1) is 13.8 Å². The molecular weight excluding hydrogens is 400 g/mol. The van der Waals surface area contributed by atoms with Gasteiger partial charge < -0.3 is 20.1 Å². The normalized spacial score (nSPS) is 10.4. The molecule has 0 fully saturated rings. The summed E-state index contributed by atoms with van der Waals surface area (Å²) in [5.41, 5.74) is 4.82. The molecule has 2 N–H and O–H groups in total. The average molecular weight is 425 g/mol. The fourth-order valence-corrected chi connectivity index (χ4v) is 3.18. The number of nitrogens with one attached hydrogen (secondary N) is 2. The van der Waals surface area contributed by atoms with E-state index in [2.05, 4.69) is 10.6 Å². The first kappa shape index (κ1) is 21.5. The zero-order valence-corrected chi connectivity index (χ0v) is 18.0. The molecule has 30 heavy (non-hydrogen) atoms. The molecule has 0 atom stereocenters. The van der Waals surface area contributed by atoms with Gasteiger partial charge in [0.25, 0.3) is 5.91 Å². The van der Waals surface area contributed by atoms with Crippen molar-refractivity contribution in [3.63, 3.8) is 0 Å². The Labute approximate surface area is 182 Å². The third-order valence-electron chi connectivity index (χ3n) is 4.64. The Balaban J connectivity index is 1.59. The predicted octanol–water partition coefficient (Wildman–Crippen LogP) is 5.60. The van der Waals surface area contributed by atoms with Crippen molar-refractivity contribution < 1.29 is 14.3 Å². The number of halogens is 1. The molecule has 0 aliphatic carbocycles. The summed E-state index contributed by atoms with van der Waals surface area (Å²) in [6.45, 7) is 4.44. The topological polar surface area (TPSA) is 59.6 Å². The number of aryl methyl sites for hydroxylation is 1. The van der Waals surface area contributed by atoms with Crippen LogP contribution in [-0.4, -0.2) is 19.6 Å². The summed E-state index contributed by atoms with van der Waals surface area (Å²) in [7, 11) is 1.58. The van der Waals surface area contributed by atoms with E-state index in [-0.39, 0.29) is 12.5 Å². The van der Waals surface area contributed by atoms with Crippen LogP contribution in [0.4, 0.5) is 11.4 Å². The smallest absolute Gasteiger partial charge is 0.262 e. The van der Waals surface area contributed by atoms with Crippen molar-refractivity contribution in [3.8, 4) is 11.5 Å². The number of anilines is 2. The maximum atomic E-state index is 12.2. The van der Waals surface area contributed by atoms with Crippen molar-refractivity contribution in [2.24, 2.45) is 0 Å². The third-order valence-corrected chi connectivity index (χ3v) is 5.05. The second-order valence-corrected chi connectivity index (χ2v) is 7.36. The van der Waals surface area contributed by atoms with Gasteiger partial charge in [0.15, 0.2) is 18.1 Å². The molecule has 0 aromatic heterocycles. The van der Waals surface area contributed by atoms with Gasteiger partial charge in [-0.1, -0.05) is 35.9 Å². The second kappa shape index (κ2) is 10.0. The van der Waals surface area contributed by atoms with Gasteiger partial charge in [-0.15, -0.1) is 0 Å². The van der Waals surface area contributed by atoms with Crippen LogP contribution in [0.5, 0.6) is 11.5 Å². The number of rotatable bonds is 8. The Morgan fingerprint density at radius 3 is 2.57 bits per heavy atom. The zero-order chi connectivity index (χ0) is 21.5. The van der Waals surface area contributed by atoms with E-state index in [1.54, 1.807) is 13.2 Å². The van der Waals surface area contributed by atoms with Gasteiger partial charge in [0.05, 0.1) is 7.11 Å². The van der Waals surface area contributed by atoms with E-state index >= 15 is 0 Å². The Morgan fingerprint density at radius 1 is 1.00 bits per heavy atom. The van der Waals surface area contributed by atoms with E-state index in [0.717, 1.165) is 33.1 Å². The van der Waals surface area contributed by atoms with E-state index < -0.39 is 0 Å². The van der Waals surface area contributed by atoms with E-state index in [1.165, 1.54) is 0 Å². The molecule has 3 aromatic rings. The number of benzene rings is 3. The summed E-state index contributed by atoms with van der Waals surface area (Å²) in [6, 6.07) is 19.0. The Hall–Kier alpha value is -3.18. The van der Waals surface area contributed by atoms with E-state index in [4.69, 9.17) is 21.1 Å². The highest BCUT2D eigenvalue weighted by Crippen LogP contribution is 2.29. The minimum atomic E-state index is -0.232. The Morgan fingerprint density at radius 2 is 1.80 bits per heavy atom. The lowest BCUT2D eigenvalue weighted by Gasteiger charge is -2.14. The molecule has 0 radical (unpaired) electrons. The van der Waals surface area contributed by atoms with Gasteiger partial charge in [0.1, 0.15) is 0 Å². The molecule has 0 unspecified atom stereocenters. The maximum absolute atomic E-state index is 12.2. The van der Waals surface area contributed by atoms with Gasteiger partial charge in [-0.25, -0.2) is 0 Å². The monoisotopic (exact) mass is 424 g/mol. The molecule has 6 heteroatoms. The maximum Gasteiger partial charge on any atom is 0.262 e. The van der Waals surface area contributed by atoms with Gasteiger partial charge in [0, 0.05) is 22.9 Å². The second-order valence-electron chi connectivity index (χ2n) is 6.96. The molecule has 1 amide bonds. The highest BCUT2D eigenvalue weighted by Gasteiger charge is 2.10. The van der Waals surface area contributed by atoms with Gasteiger partial charge >= 0.3 is 0 Å². The molecule has 0 saturated carbocycles. The van der Waals surface area contributed by atoms with E-state index in [1.807, 2.05) is 68.4 Å². The number of methoxy groups -OCH3 is 1. The van der Waals surface area contributed by atoms with Gasteiger partial charge in [-0.3, -0.25) is 4.79 Å². The SMILES string of the molecule is COc1cc(CNc2cccc(Cl)c2C)ccc1OCC(=O)Nc1cccc(C)c1. The van der Waals surface area contributed by atoms with Crippen LogP contribution in [0.1, 0.15) is 16.7 Å². The van der Waals surface area contributed by atoms with Crippen LogP contribution in [0.15, 0.2) is 60.7 Å². The van der Waals surface area contributed by atoms with Gasteiger partial charge in [-0.05, 0) is 66.9 Å².